The molecule has 0 aromatic carbocycles. The molecule has 0 aromatic heterocycles. The minimum Gasteiger partial charge on any atom is -0.380 e. The molecular formula is C14H25N3O2. The van der Waals surface area contributed by atoms with Crippen LogP contribution >= 0.6 is 0 Å². The van der Waals surface area contributed by atoms with E-state index in [1.807, 2.05) is 0 Å². The highest BCUT2D eigenvalue weighted by Gasteiger charge is 2.35. The number of likely N-dealkylation sites (tertiary alicyclic amines) is 1. The Kier molecular flexibility index (Phi) is 4.05. The van der Waals surface area contributed by atoms with Crippen molar-refractivity contribution in [1.29, 1.82) is 0 Å². The highest BCUT2D eigenvalue weighted by atomic mass is 16.5. The van der Waals surface area contributed by atoms with Crippen molar-refractivity contribution in [3.63, 3.8) is 0 Å². The molecule has 1 amide bonds. The SMILES string of the molecule is COC1CNC(C(=O)NCC2CCN(C3CC3)C2)C1. The zero-order valence-corrected chi connectivity index (χ0v) is 11.7. The molecule has 5 nitrogen and oxygen atoms in total. The molecule has 3 aliphatic rings. The number of carbonyl (C=O) groups is 1. The predicted octanol–water partition coefficient (Wildman–Crippen LogP) is -0.0362. The molecule has 2 saturated heterocycles. The zero-order chi connectivity index (χ0) is 13.2. The largest absolute Gasteiger partial charge is 0.380 e. The van der Waals surface area contributed by atoms with Crippen molar-refractivity contribution in [2.75, 3.05) is 33.3 Å². The maximum Gasteiger partial charge on any atom is 0.237 e. The Hall–Kier alpha value is -0.650. The lowest BCUT2D eigenvalue weighted by atomic mass is 10.1. The molecule has 1 aliphatic carbocycles. The average Bonchev–Trinajstić information content (AvgIpc) is 2.99. The Morgan fingerprint density at radius 3 is 2.95 bits per heavy atom. The molecule has 0 aromatic rings. The van der Waals surface area contributed by atoms with E-state index >= 15 is 0 Å². The van der Waals surface area contributed by atoms with E-state index in [1.54, 1.807) is 7.11 Å². The van der Waals surface area contributed by atoms with Crippen LogP contribution in [0.1, 0.15) is 25.7 Å². The van der Waals surface area contributed by atoms with Crippen LogP contribution in [-0.2, 0) is 9.53 Å². The Balaban J connectivity index is 1.36. The van der Waals surface area contributed by atoms with Gasteiger partial charge in [-0.1, -0.05) is 0 Å². The number of methoxy groups -OCH3 is 1. The zero-order valence-electron chi connectivity index (χ0n) is 11.7. The summed E-state index contributed by atoms with van der Waals surface area (Å²) in [7, 11) is 1.71. The van der Waals surface area contributed by atoms with E-state index in [1.165, 1.54) is 32.4 Å². The summed E-state index contributed by atoms with van der Waals surface area (Å²) in [4.78, 5) is 14.6. The van der Waals surface area contributed by atoms with Gasteiger partial charge in [0, 0.05) is 32.8 Å². The molecule has 108 valence electrons. The molecule has 2 aliphatic heterocycles. The Morgan fingerprint density at radius 1 is 1.42 bits per heavy atom. The molecule has 0 spiro atoms. The van der Waals surface area contributed by atoms with Gasteiger partial charge in [-0.2, -0.15) is 0 Å². The molecule has 2 N–H and O–H groups in total. The van der Waals surface area contributed by atoms with Crippen LogP contribution in [-0.4, -0.2) is 62.3 Å². The van der Waals surface area contributed by atoms with Crippen molar-refractivity contribution in [3.8, 4) is 0 Å². The van der Waals surface area contributed by atoms with Gasteiger partial charge in [0.05, 0.1) is 12.1 Å². The van der Waals surface area contributed by atoms with Crippen LogP contribution in [0, 0.1) is 5.92 Å². The highest BCUT2D eigenvalue weighted by Crippen LogP contribution is 2.31. The van der Waals surface area contributed by atoms with Gasteiger partial charge in [0.15, 0.2) is 0 Å². The van der Waals surface area contributed by atoms with E-state index in [0.29, 0.717) is 5.92 Å². The van der Waals surface area contributed by atoms with Gasteiger partial charge >= 0.3 is 0 Å². The van der Waals surface area contributed by atoms with Crippen molar-refractivity contribution >= 4 is 5.91 Å². The van der Waals surface area contributed by atoms with Crippen LogP contribution in [0.4, 0.5) is 0 Å². The molecule has 3 atom stereocenters. The average molecular weight is 267 g/mol. The van der Waals surface area contributed by atoms with Gasteiger partial charge in [-0.05, 0) is 38.1 Å². The minimum absolute atomic E-state index is 0.0640. The third kappa shape index (κ3) is 3.27. The maximum absolute atomic E-state index is 12.0. The lowest BCUT2D eigenvalue weighted by Gasteiger charge is -2.16. The van der Waals surface area contributed by atoms with Crippen LogP contribution in [0.3, 0.4) is 0 Å². The lowest BCUT2D eigenvalue weighted by molar-refractivity contribution is -0.123. The van der Waals surface area contributed by atoms with Gasteiger partial charge in [0.2, 0.25) is 5.91 Å². The summed E-state index contributed by atoms with van der Waals surface area (Å²) in [6.07, 6.45) is 4.97. The smallest absolute Gasteiger partial charge is 0.237 e. The highest BCUT2D eigenvalue weighted by molar-refractivity contribution is 5.82. The van der Waals surface area contributed by atoms with E-state index < -0.39 is 0 Å². The van der Waals surface area contributed by atoms with Crippen LogP contribution in [0.25, 0.3) is 0 Å². The van der Waals surface area contributed by atoms with Crippen LogP contribution in [0.5, 0.6) is 0 Å². The fraction of sp³-hybridized carbons (Fsp3) is 0.929. The Labute approximate surface area is 115 Å². The second kappa shape index (κ2) is 5.77. The molecule has 2 heterocycles. The Bertz CT molecular complexity index is 333. The van der Waals surface area contributed by atoms with Crippen molar-refractivity contribution in [1.82, 2.24) is 15.5 Å². The van der Waals surface area contributed by atoms with E-state index in [9.17, 15) is 4.79 Å². The third-order valence-electron chi connectivity index (χ3n) is 4.69. The van der Waals surface area contributed by atoms with Crippen molar-refractivity contribution < 1.29 is 9.53 Å². The van der Waals surface area contributed by atoms with Gasteiger partial charge in [0.25, 0.3) is 0 Å². The van der Waals surface area contributed by atoms with Crippen LogP contribution in [0.15, 0.2) is 0 Å². The number of carbonyl (C=O) groups excluding carboxylic acids is 1. The van der Waals surface area contributed by atoms with Crippen LogP contribution in [0.2, 0.25) is 0 Å². The predicted molar refractivity (Wildman–Crippen MR) is 72.9 cm³/mol. The minimum atomic E-state index is -0.0640. The molecule has 1 saturated carbocycles. The first-order valence-corrected chi connectivity index (χ1v) is 7.54. The van der Waals surface area contributed by atoms with E-state index in [4.69, 9.17) is 4.74 Å². The number of hydrogen-bond acceptors (Lipinski definition) is 4. The fourth-order valence-electron chi connectivity index (χ4n) is 3.25. The van der Waals surface area contributed by atoms with Crippen molar-refractivity contribution in [3.05, 3.63) is 0 Å². The third-order valence-corrected chi connectivity index (χ3v) is 4.69. The van der Waals surface area contributed by atoms with E-state index in [-0.39, 0.29) is 18.1 Å². The second-order valence-corrected chi connectivity index (χ2v) is 6.18. The van der Waals surface area contributed by atoms with Crippen molar-refractivity contribution in [2.45, 2.75) is 43.9 Å². The number of ether oxygens (including phenoxy) is 1. The van der Waals surface area contributed by atoms with Gasteiger partial charge in [0.1, 0.15) is 0 Å². The summed E-state index contributed by atoms with van der Waals surface area (Å²) in [5, 5.41) is 6.33. The number of rotatable bonds is 5. The molecule has 5 heteroatoms. The van der Waals surface area contributed by atoms with Gasteiger partial charge in [-0.25, -0.2) is 0 Å². The first-order chi connectivity index (χ1) is 9.26. The molecule has 3 unspecified atom stereocenters. The lowest BCUT2D eigenvalue weighted by Crippen LogP contribution is -2.42. The van der Waals surface area contributed by atoms with E-state index in [0.717, 1.165) is 25.6 Å². The number of nitrogens with one attached hydrogen (secondary N) is 2. The van der Waals surface area contributed by atoms with Gasteiger partial charge in [-0.3, -0.25) is 4.79 Å². The number of amides is 1. The maximum atomic E-state index is 12.0. The van der Waals surface area contributed by atoms with Gasteiger partial charge < -0.3 is 20.3 Å². The molecule has 3 rings (SSSR count). The molecule has 0 radical (unpaired) electrons. The fourth-order valence-corrected chi connectivity index (χ4v) is 3.25. The van der Waals surface area contributed by atoms with Gasteiger partial charge in [-0.15, -0.1) is 0 Å². The molecule has 19 heavy (non-hydrogen) atoms. The first kappa shape index (κ1) is 13.3. The summed E-state index contributed by atoms with van der Waals surface area (Å²) in [6.45, 7) is 4.01. The number of nitrogens with zero attached hydrogens (tertiary/aromatic N) is 1. The first-order valence-electron chi connectivity index (χ1n) is 7.54. The summed E-state index contributed by atoms with van der Waals surface area (Å²) < 4.78 is 5.27. The number of hydrogen-bond donors (Lipinski definition) is 2. The van der Waals surface area contributed by atoms with E-state index in [2.05, 4.69) is 15.5 Å². The van der Waals surface area contributed by atoms with Crippen molar-refractivity contribution in [2.24, 2.45) is 5.92 Å². The topological polar surface area (TPSA) is 53.6 Å². The summed E-state index contributed by atoms with van der Waals surface area (Å²) in [5.41, 5.74) is 0. The summed E-state index contributed by atoms with van der Waals surface area (Å²) in [6, 6.07) is 0.797. The molecule has 3 fully saturated rings. The van der Waals surface area contributed by atoms with Crippen LogP contribution < -0.4 is 10.6 Å². The standard InChI is InChI=1S/C14H25N3O2/c1-19-12-6-13(15-8-12)14(18)16-7-10-4-5-17(9-10)11-2-3-11/h10-13,15H,2-9H2,1H3,(H,16,18). The summed E-state index contributed by atoms with van der Waals surface area (Å²) in [5.74, 6) is 0.786. The second-order valence-electron chi connectivity index (χ2n) is 6.18. The molecule has 0 bridgehead atoms. The monoisotopic (exact) mass is 267 g/mol. The summed E-state index contributed by atoms with van der Waals surface area (Å²) >= 11 is 0. The quantitative estimate of drug-likeness (QED) is 0.734. The normalized spacial score (nSPS) is 35.7. The molecular weight excluding hydrogens is 242 g/mol. The Morgan fingerprint density at radius 2 is 2.26 bits per heavy atom.